The molecule has 1 heterocycles. The molecule has 0 aromatic carbocycles. The van der Waals surface area contributed by atoms with Crippen LogP contribution in [0.2, 0.25) is 0 Å². The van der Waals surface area contributed by atoms with E-state index in [0.29, 0.717) is 6.54 Å². The van der Waals surface area contributed by atoms with Crippen molar-refractivity contribution in [2.24, 2.45) is 0 Å². The summed E-state index contributed by atoms with van der Waals surface area (Å²) in [5, 5.41) is 18.5. The zero-order valence-corrected chi connectivity index (χ0v) is 9.38. The minimum Gasteiger partial charge on any atom is -0.392 e. The number of pyridine rings is 1. The molecule has 0 amide bonds. The summed E-state index contributed by atoms with van der Waals surface area (Å²) < 4.78 is 0. The topological polar surface area (TPSA) is 56.6 Å². The van der Waals surface area contributed by atoms with Gasteiger partial charge >= 0.3 is 0 Å². The van der Waals surface area contributed by atoms with Crippen LogP contribution in [0.25, 0.3) is 0 Å². The average Bonchev–Trinajstić information content (AvgIpc) is 2.17. The number of hydrogen-bond donors (Lipinski definition) is 2. The molecule has 2 N–H and O–H groups in total. The van der Waals surface area contributed by atoms with Crippen LogP contribution in [0.4, 0.5) is 5.82 Å². The van der Waals surface area contributed by atoms with Crippen molar-refractivity contribution < 1.29 is 10.2 Å². The summed E-state index contributed by atoms with van der Waals surface area (Å²) in [6.45, 7) is 3.98. The van der Waals surface area contributed by atoms with Gasteiger partial charge in [-0.25, -0.2) is 4.98 Å². The third-order valence-electron chi connectivity index (χ3n) is 2.18. The van der Waals surface area contributed by atoms with Gasteiger partial charge in [0, 0.05) is 19.8 Å². The third-order valence-corrected chi connectivity index (χ3v) is 2.18. The Bertz CT molecular complexity index is 296. The molecule has 0 saturated heterocycles. The highest BCUT2D eigenvalue weighted by Crippen LogP contribution is 2.14. The summed E-state index contributed by atoms with van der Waals surface area (Å²) >= 11 is 0. The maximum absolute atomic E-state index is 9.31. The molecule has 15 heavy (non-hydrogen) atoms. The lowest BCUT2D eigenvalue weighted by Gasteiger charge is -2.20. The van der Waals surface area contributed by atoms with Gasteiger partial charge in [0.1, 0.15) is 5.82 Å². The molecule has 1 aromatic heterocycles. The number of aromatic nitrogens is 1. The molecule has 0 bridgehead atoms. The van der Waals surface area contributed by atoms with E-state index >= 15 is 0 Å². The molecule has 0 spiro atoms. The van der Waals surface area contributed by atoms with Crippen LogP contribution in [0.15, 0.2) is 18.3 Å². The number of aliphatic hydroxyl groups excluding tert-OH is 2. The molecule has 1 unspecified atom stereocenters. The molecule has 0 aliphatic rings. The predicted molar refractivity (Wildman–Crippen MR) is 59.8 cm³/mol. The first kappa shape index (κ1) is 11.9. The molecule has 0 radical (unpaired) electrons. The SMILES string of the molecule is CC(O)CN(C)c1ccc([C@@H](C)O)cn1. The Kier molecular flexibility index (Phi) is 4.05. The summed E-state index contributed by atoms with van der Waals surface area (Å²) in [4.78, 5) is 6.08. The Morgan fingerprint density at radius 3 is 2.40 bits per heavy atom. The van der Waals surface area contributed by atoms with Crippen LogP contribution in [0.5, 0.6) is 0 Å². The van der Waals surface area contributed by atoms with E-state index < -0.39 is 6.10 Å². The lowest BCUT2D eigenvalue weighted by Crippen LogP contribution is -2.27. The molecule has 4 nitrogen and oxygen atoms in total. The van der Waals surface area contributed by atoms with Gasteiger partial charge in [-0.3, -0.25) is 0 Å². The second kappa shape index (κ2) is 5.09. The monoisotopic (exact) mass is 210 g/mol. The lowest BCUT2D eigenvalue weighted by molar-refractivity contribution is 0.198. The molecule has 1 rings (SSSR count). The van der Waals surface area contributed by atoms with E-state index in [-0.39, 0.29) is 6.10 Å². The van der Waals surface area contributed by atoms with E-state index in [2.05, 4.69) is 4.98 Å². The van der Waals surface area contributed by atoms with Crippen LogP contribution in [-0.2, 0) is 0 Å². The van der Waals surface area contributed by atoms with Crippen molar-refractivity contribution in [3.8, 4) is 0 Å². The fraction of sp³-hybridized carbons (Fsp3) is 0.545. The number of hydrogen-bond acceptors (Lipinski definition) is 4. The fourth-order valence-electron chi connectivity index (χ4n) is 1.36. The standard InChI is InChI=1S/C11H18N2O2/c1-8(14)7-13(3)11-5-4-10(6-12-11)9(2)15/h4-6,8-9,14-15H,7H2,1-3H3/t8?,9-/m1/s1. The zero-order valence-electron chi connectivity index (χ0n) is 9.38. The first-order valence-corrected chi connectivity index (χ1v) is 5.04. The lowest BCUT2D eigenvalue weighted by atomic mass is 10.2. The van der Waals surface area contributed by atoms with Crippen molar-refractivity contribution in [1.82, 2.24) is 4.98 Å². The van der Waals surface area contributed by atoms with E-state index in [1.165, 1.54) is 0 Å². The second-order valence-corrected chi connectivity index (χ2v) is 3.86. The molecule has 4 heteroatoms. The van der Waals surface area contributed by atoms with E-state index in [0.717, 1.165) is 11.4 Å². The summed E-state index contributed by atoms with van der Waals surface area (Å²) in [6.07, 6.45) is 0.778. The third kappa shape index (κ3) is 3.49. The Morgan fingerprint density at radius 2 is 2.00 bits per heavy atom. The quantitative estimate of drug-likeness (QED) is 0.777. The van der Waals surface area contributed by atoms with Crippen LogP contribution >= 0.6 is 0 Å². The Balaban J connectivity index is 2.71. The number of nitrogens with zero attached hydrogens (tertiary/aromatic N) is 2. The van der Waals surface area contributed by atoms with Gasteiger partial charge in [0.05, 0.1) is 12.2 Å². The van der Waals surface area contributed by atoms with Gasteiger partial charge in [-0.1, -0.05) is 6.07 Å². The van der Waals surface area contributed by atoms with E-state index in [9.17, 15) is 10.2 Å². The van der Waals surface area contributed by atoms with E-state index in [1.807, 2.05) is 24.1 Å². The van der Waals surface area contributed by atoms with Crippen LogP contribution in [0.3, 0.4) is 0 Å². The normalized spacial score (nSPS) is 14.7. The van der Waals surface area contributed by atoms with Gasteiger partial charge in [-0.2, -0.15) is 0 Å². The number of rotatable bonds is 4. The van der Waals surface area contributed by atoms with Gasteiger partial charge in [0.15, 0.2) is 0 Å². The van der Waals surface area contributed by atoms with Crippen LogP contribution < -0.4 is 4.90 Å². The van der Waals surface area contributed by atoms with Crippen molar-refractivity contribution in [2.45, 2.75) is 26.1 Å². The van der Waals surface area contributed by atoms with Gasteiger partial charge in [-0.15, -0.1) is 0 Å². The number of anilines is 1. The average molecular weight is 210 g/mol. The van der Waals surface area contributed by atoms with Crippen molar-refractivity contribution in [2.75, 3.05) is 18.5 Å². The molecule has 0 aliphatic heterocycles. The first-order valence-electron chi connectivity index (χ1n) is 5.04. The van der Waals surface area contributed by atoms with Gasteiger partial charge in [-0.05, 0) is 25.5 Å². The molecule has 0 fully saturated rings. The zero-order chi connectivity index (χ0) is 11.4. The van der Waals surface area contributed by atoms with Crippen molar-refractivity contribution in [3.05, 3.63) is 23.9 Å². The van der Waals surface area contributed by atoms with Crippen molar-refractivity contribution in [1.29, 1.82) is 0 Å². The smallest absolute Gasteiger partial charge is 0.128 e. The Morgan fingerprint density at radius 1 is 1.33 bits per heavy atom. The Labute approximate surface area is 90.2 Å². The van der Waals surface area contributed by atoms with Crippen LogP contribution in [0.1, 0.15) is 25.5 Å². The Hall–Kier alpha value is -1.13. The van der Waals surface area contributed by atoms with Gasteiger partial charge in [0.25, 0.3) is 0 Å². The molecule has 2 atom stereocenters. The summed E-state index contributed by atoms with van der Waals surface area (Å²) in [7, 11) is 1.87. The first-order chi connectivity index (χ1) is 7.00. The van der Waals surface area contributed by atoms with Crippen molar-refractivity contribution >= 4 is 5.82 Å². The molecule has 1 aromatic rings. The number of aliphatic hydroxyl groups is 2. The second-order valence-electron chi connectivity index (χ2n) is 3.86. The number of likely N-dealkylation sites (N-methyl/N-ethyl adjacent to an activating group) is 1. The molecular formula is C11H18N2O2. The van der Waals surface area contributed by atoms with Crippen LogP contribution in [-0.4, -0.2) is 34.9 Å². The largest absolute Gasteiger partial charge is 0.392 e. The fourth-order valence-corrected chi connectivity index (χ4v) is 1.36. The summed E-state index contributed by atoms with van der Waals surface area (Å²) in [5.41, 5.74) is 0.796. The summed E-state index contributed by atoms with van der Waals surface area (Å²) in [6, 6.07) is 3.68. The maximum Gasteiger partial charge on any atom is 0.128 e. The van der Waals surface area contributed by atoms with E-state index in [1.54, 1.807) is 20.0 Å². The van der Waals surface area contributed by atoms with Gasteiger partial charge in [0.2, 0.25) is 0 Å². The minimum atomic E-state index is -0.492. The highest BCUT2D eigenvalue weighted by molar-refractivity contribution is 5.38. The molecule has 84 valence electrons. The minimum absolute atomic E-state index is 0.381. The maximum atomic E-state index is 9.31. The highest BCUT2D eigenvalue weighted by Gasteiger charge is 2.06. The summed E-state index contributed by atoms with van der Waals surface area (Å²) in [5.74, 6) is 0.792. The predicted octanol–water partition coefficient (Wildman–Crippen LogP) is 0.952. The molecule has 0 aliphatic carbocycles. The highest BCUT2D eigenvalue weighted by atomic mass is 16.3. The molecule has 0 saturated carbocycles. The van der Waals surface area contributed by atoms with Crippen molar-refractivity contribution in [3.63, 3.8) is 0 Å². The molecular weight excluding hydrogens is 192 g/mol. The van der Waals surface area contributed by atoms with Gasteiger partial charge < -0.3 is 15.1 Å². The van der Waals surface area contributed by atoms with E-state index in [4.69, 9.17) is 0 Å². The van der Waals surface area contributed by atoms with Crippen LogP contribution in [0, 0.1) is 0 Å².